The van der Waals surface area contributed by atoms with E-state index in [1.165, 1.54) is 5.69 Å². The predicted octanol–water partition coefficient (Wildman–Crippen LogP) is 2.06. The maximum Gasteiger partial charge on any atom is 0.130 e. The molecule has 0 bridgehead atoms. The van der Waals surface area contributed by atoms with Gasteiger partial charge in [-0.15, -0.1) is 0 Å². The number of rotatable bonds is 3. The van der Waals surface area contributed by atoms with Crippen LogP contribution < -0.4 is 20.4 Å². The summed E-state index contributed by atoms with van der Waals surface area (Å²) in [5, 5.41) is 10.6. The molecule has 0 radical (unpaired) electrons. The number of ether oxygens (including phenoxy) is 1. The Balaban J connectivity index is 1.23. The van der Waals surface area contributed by atoms with Gasteiger partial charge in [-0.05, 0) is 37.3 Å². The summed E-state index contributed by atoms with van der Waals surface area (Å²) in [7, 11) is 0. The second-order valence-electron chi connectivity index (χ2n) is 10.4. The van der Waals surface area contributed by atoms with Crippen molar-refractivity contribution in [2.45, 2.75) is 25.0 Å². The van der Waals surface area contributed by atoms with Crippen molar-refractivity contribution >= 4 is 28.1 Å². The molecule has 0 saturated carbocycles. The summed E-state index contributed by atoms with van der Waals surface area (Å²) in [6, 6.07) is 15.5. The number of hydrogen-bond acceptors (Lipinski definition) is 9. The number of nitrogens with two attached hydrogens (primary N) is 1. The van der Waals surface area contributed by atoms with Gasteiger partial charge in [0.05, 0.1) is 24.3 Å². The molecule has 5 heterocycles. The van der Waals surface area contributed by atoms with E-state index in [0.717, 1.165) is 68.2 Å². The molecular weight excluding hydrogens is 464 g/mol. The van der Waals surface area contributed by atoms with Crippen LogP contribution in [0.25, 0.3) is 10.9 Å². The summed E-state index contributed by atoms with van der Waals surface area (Å²) in [6.45, 7) is 10.1. The monoisotopic (exact) mass is 498 g/mol. The highest BCUT2D eigenvalue weighted by Crippen LogP contribution is 2.33. The topological polar surface area (TPSA) is 97.8 Å². The lowest BCUT2D eigenvalue weighted by Gasteiger charge is -2.51. The van der Waals surface area contributed by atoms with Crippen molar-refractivity contribution in [2.75, 3.05) is 73.7 Å². The number of nitriles is 1. The summed E-state index contributed by atoms with van der Waals surface area (Å²) < 4.78 is 5.63. The maximum absolute atomic E-state index is 9.56. The van der Waals surface area contributed by atoms with Crippen molar-refractivity contribution < 1.29 is 4.74 Å². The SMILES string of the molecule is C[C@@H]1CN(c2ccc(C#N)c3ncccc23)C[C@@H]2CN(c3ccnc(N4CCOC[C@@H](N)C4)c3)CCN21. The first-order valence-corrected chi connectivity index (χ1v) is 13.2. The van der Waals surface area contributed by atoms with Crippen LogP contribution in [0.3, 0.4) is 0 Å². The van der Waals surface area contributed by atoms with Gasteiger partial charge < -0.3 is 25.2 Å². The third-order valence-corrected chi connectivity index (χ3v) is 7.93. The van der Waals surface area contributed by atoms with Crippen LogP contribution in [0, 0.1) is 11.3 Å². The van der Waals surface area contributed by atoms with E-state index in [9.17, 15) is 5.26 Å². The van der Waals surface area contributed by atoms with E-state index in [4.69, 9.17) is 10.5 Å². The van der Waals surface area contributed by atoms with Crippen LogP contribution in [0.1, 0.15) is 12.5 Å². The molecule has 3 aromatic rings. The Hall–Kier alpha value is -3.45. The Kier molecular flexibility index (Phi) is 6.55. The van der Waals surface area contributed by atoms with Crippen LogP contribution in [0.15, 0.2) is 48.8 Å². The summed E-state index contributed by atoms with van der Waals surface area (Å²) in [5.74, 6) is 0.969. The van der Waals surface area contributed by atoms with Gasteiger partial charge in [0.1, 0.15) is 11.9 Å². The zero-order valence-electron chi connectivity index (χ0n) is 21.3. The first-order valence-electron chi connectivity index (χ1n) is 13.2. The van der Waals surface area contributed by atoms with Gasteiger partial charge in [0.15, 0.2) is 0 Å². The highest BCUT2D eigenvalue weighted by molar-refractivity contribution is 5.95. The maximum atomic E-state index is 9.56. The molecule has 3 aliphatic heterocycles. The molecule has 2 N–H and O–H groups in total. The average molecular weight is 499 g/mol. The molecule has 37 heavy (non-hydrogen) atoms. The van der Waals surface area contributed by atoms with Crippen LogP contribution in [-0.4, -0.2) is 92.0 Å². The van der Waals surface area contributed by atoms with Crippen LogP contribution >= 0.6 is 0 Å². The molecule has 0 amide bonds. The van der Waals surface area contributed by atoms with Gasteiger partial charge in [0.25, 0.3) is 0 Å². The van der Waals surface area contributed by atoms with Crippen LogP contribution in [0.2, 0.25) is 0 Å². The van der Waals surface area contributed by atoms with Crippen LogP contribution in [0.5, 0.6) is 0 Å². The molecule has 1 aromatic carbocycles. The summed E-state index contributed by atoms with van der Waals surface area (Å²) >= 11 is 0. The predicted molar refractivity (Wildman–Crippen MR) is 146 cm³/mol. The standard InChI is InChI=1S/C28H34N8O/c1-20-15-35(26-5-4-21(14-29)28-25(26)3-2-7-32-28)18-24-17-33(9-10-36(20)24)23-6-8-31-27(13-23)34-11-12-37-19-22(30)16-34/h2-8,13,20,22,24H,9-12,15-19,30H2,1H3/t20-,22+,24+/m1/s1. The minimum absolute atomic E-state index is 0.000262. The fourth-order valence-corrected chi connectivity index (χ4v) is 6.14. The van der Waals surface area contributed by atoms with E-state index in [1.807, 2.05) is 18.3 Å². The first kappa shape index (κ1) is 23.9. The molecule has 3 atom stereocenters. The lowest BCUT2D eigenvalue weighted by atomic mass is 10.0. The van der Waals surface area contributed by atoms with E-state index in [1.54, 1.807) is 6.20 Å². The van der Waals surface area contributed by atoms with Gasteiger partial charge in [-0.3, -0.25) is 9.88 Å². The van der Waals surface area contributed by atoms with Gasteiger partial charge in [0, 0.05) is 99.2 Å². The highest BCUT2D eigenvalue weighted by atomic mass is 16.5. The summed E-state index contributed by atoms with van der Waals surface area (Å²) in [6.07, 6.45) is 3.68. The van der Waals surface area contributed by atoms with Gasteiger partial charge in [-0.1, -0.05) is 0 Å². The molecule has 3 saturated heterocycles. The van der Waals surface area contributed by atoms with E-state index in [2.05, 4.69) is 66.8 Å². The second-order valence-corrected chi connectivity index (χ2v) is 10.4. The Morgan fingerprint density at radius 2 is 1.86 bits per heavy atom. The van der Waals surface area contributed by atoms with Gasteiger partial charge in [0.2, 0.25) is 0 Å². The van der Waals surface area contributed by atoms with Gasteiger partial charge >= 0.3 is 0 Å². The van der Waals surface area contributed by atoms with E-state index < -0.39 is 0 Å². The largest absolute Gasteiger partial charge is 0.378 e. The van der Waals surface area contributed by atoms with Crippen molar-refractivity contribution in [2.24, 2.45) is 5.73 Å². The van der Waals surface area contributed by atoms with Gasteiger partial charge in [-0.25, -0.2) is 4.98 Å². The lowest BCUT2D eigenvalue weighted by Crippen LogP contribution is -2.65. The van der Waals surface area contributed by atoms with Gasteiger partial charge in [-0.2, -0.15) is 5.26 Å². The number of pyridine rings is 2. The Morgan fingerprint density at radius 1 is 0.973 bits per heavy atom. The lowest BCUT2D eigenvalue weighted by molar-refractivity contribution is 0.108. The number of nitrogens with zero attached hydrogens (tertiary/aromatic N) is 7. The fraction of sp³-hybridized carbons (Fsp3) is 0.464. The van der Waals surface area contributed by atoms with Crippen LogP contribution in [-0.2, 0) is 4.74 Å². The molecule has 0 aliphatic carbocycles. The molecule has 3 fully saturated rings. The molecule has 9 nitrogen and oxygen atoms in total. The first-order chi connectivity index (χ1) is 18.1. The molecule has 2 aromatic heterocycles. The van der Waals surface area contributed by atoms with Crippen molar-refractivity contribution in [1.29, 1.82) is 5.26 Å². The number of piperazine rings is 2. The molecule has 192 valence electrons. The van der Waals surface area contributed by atoms with Crippen molar-refractivity contribution in [1.82, 2.24) is 14.9 Å². The smallest absolute Gasteiger partial charge is 0.130 e. The van der Waals surface area contributed by atoms with E-state index in [-0.39, 0.29) is 6.04 Å². The Labute approximate surface area is 218 Å². The fourth-order valence-electron chi connectivity index (χ4n) is 6.14. The normalized spacial score (nSPS) is 25.0. The third-order valence-electron chi connectivity index (χ3n) is 7.93. The third kappa shape index (κ3) is 4.68. The van der Waals surface area contributed by atoms with Crippen molar-refractivity contribution in [3.8, 4) is 6.07 Å². The molecule has 6 rings (SSSR count). The molecule has 9 heteroatoms. The zero-order valence-corrected chi connectivity index (χ0v) is 21.3. The number of fused-ring (bicyclic) bond motifs is 2. The minimum atomic E-state index is -0.000262. The number of benzene rings is 1. The van der Waals surface area contributed by atoms with Crippen LogP contribution in [0.4, 0.5) is 17.2 Å². The Morgan fingerprint density at radius 3 is 2.76 bits per heavy atom. The molecule has 0 spiro atoms. The van der Waals surface area contributed by atoms with E-state index >= 15 is 0 Å². The van der Waals surface area contributed by atoms with Crippen molar-refractivity contribution in [3.05, 3.63) is 54.4 Å². The number of aromatic nitrogens is 2. The molecule has 0 unspecified atom stereocenters. The van der Waals surface area contributed by atoms with Crippen molar-refractivity contribution in [3.63, 3.8) is 0 Å². The van der Waals surface area contributed by atoms with E-state index in [0.29, 0.717) is 30.9 Å². The summed E-state index contributed by atoms with van der Waals surface area (Å²) in [4.78, 5) is 19.1. The highest BCUT2D eigenvalue weighted by Gasteiger charge is 2.37. The quantitative estimate of drug-likeness (QED) is 0.582. The minimum Gasteiger partial charge on any atom is -0.378 e. The second kappa shape index (κ2) is 10.1. The zero-order chi connectivity index (χ0) is 25.4. The molecule has 3 aliphatic rings. The Bertz CT molecular complexity index is 1310. The molecular formula is C28H34N8O. The number of anilines is 3. The number of hydrogen-bond donors (Lipinski definition) is 1. The average Bonchev–Trinajstić information content (AvgIpc) is 3.16. The summed E-state index contributed by atoms with van der Waals surface area (Å²) in [5.41, 5.74) is 9.99.